The summed E-state index contributed by atoms with van der Waals surface area (Å²) in [7, 11) is -2.48. The van der Waals surface area contributed by atoms with Gasteiger partial charge < -0.3 is 10.2 Å². The smallest absolute Gasteiger partial charge is 0.244 e. The van der Waals surface area contributed by atoms with Crippen molar-refractivity contribution >= 4 is 39.1 Å². The predicted molar refractivity (Wildman–Crippen MR) is 143 cm³/mol. The number of likely N-dealkylation sites (N-methyl/N-ethyl adjacent to an activating group) is 1. The fraction of sp³-hybridized carbons (Fsp3) is 0.259. The van der Waals surface area contributed by atoms with Crippen LogP contribution in [-0.2, 0) is 32.6 Å². The number of carbonyl (C=O) groups excluding carboxylic acids is 2. The minimum absolute atomic E-state index is 0.0390. The molecule has 3 aromatic carbocycles. The van der Waals surface area contributed by atoms with Gasteiger partial charge in [-0.2, -0.15) is 0 Å². The molecule has 2 amide bonds. The minimum Gasteiger partial charge on any atom is -0.357 e. The maximum atomic E-state index is 13.8. The Kier molecular flexibility index (Phi) is 9.29. The number of rotatable bonds is 10. The molecule has 3 aromatic rings. The lowest BCUT2D eigenvalue weighted by molar-refractivity contribution is -0.139. The summed E-state index contributed by atoms with van der Waals surface area (Å²) in [5.74, 6) is -1.70. The lowest BCUT2D eigenvalue weighted by Crippen LogP contribution is -2.52. The maximum absolute atomic E-state index is 13.8. The number of halogens is 2. The molecule has 3 rings (SSSR count). The first kappa shape index (κ1) is 28.1. The summed E-state index contributed by atoms with van der Waals surface area (Å²) in [6.07, 6.45) is 1.17. The first-order valence-corrected chi connectivity index (χ1v) is 13.8. The Hall–Kier alpha value is -3.43. The Labute approximate surface area is 221 Å². The highest BCUT2D eigenvalue weighted by molar-refractivity contribution is 7.92. The van der Waals surface area contributed by atoms with Crippen molar-refractivity contribution < 1.29 is 22.4 Å². The van der Waals surface area contributed by atoms with Crippen LogP contribution in [0.25, 0.3) is 0 Å². The Balaban J connectivity index is 2.03. The molecular weight excluding hydrogens is 517 g/mol. The van der Waals surface area contributed by atoms with Crippen LogP contribution in [-0.4, -0.2) is 51.0 Å². The Morgan fingerprint density at radius 2 is 1.65 bits per heavy atom. The summed E-state index contributed by atoms with van der Waals surface area (Å²) < 4.78 is 39.9. The van der Waals surface area contributed by atoms with Gasteiger partial charge in [0.15, 0.2) is 0 Å². The third-order valence-corrected chi connectivity index (χ3v) is 7.29. The third-order valence-electron chi connectivity index (χ3n) is 5.86. The van der Waals surface area contributed by atoms with Crippen LogP contribution in [0.3, 0.4) is 0 Å². The number of benzene rings is 3. The topological polar surface area (TPSA) is 86.8 Å². The Morgan fingerprint density at radius 1 is 1.00 bits per heavy atom. The molecule has 0 bridgehead atoms. The number of anilines is 1. The van der Waals surface area contributed by atoms with Gasteiger partial charge in [-0.05, 0) is 36.2 Å². The van der Waals surface area contributed by atoms with Crippen LogP contribution >= 0.6 is 11.6 Å². The standard InChI is InChI=1S/C27H29ClFN3O4S/c1-19-9-11-21(12-10-19)17-31(25(27(34)30-2)15-20-7-5-4-6-8-20)26(33)18-32(37(3,35)36)22-13-14-24(29)23(28)16-22/h4-14,16,25H,15,17-18H2,1-3H3,(H,30,34)/t25-/m1/s1. The SMILES string of the molecule is CNC(=O)[C@@H](Cc1ccccc1)N(Cc1ccc(C)cc1)C(=O)CN(c1ccc(F)c(Cl)c1)S(C)(=O)=O. The number of hydrogen-bond acceptors (Lipinski definition) is 4. The number of aryl methyl sites for hydroxylation is 1. The van der Waals surface area contributed by atoms with Gasteiger partial charge in [0.05, 0.1) is 17.0 Å². The summed E-state index contributed by atoms with van der Waals surface area (Å²) >= 11 is 5.88. The highest BCUT2D eigenvalue weighted by Gasteiger charge is 2.32. The van der Waals surface area contributed by atoms with Gasteiger partial charge in [-0.3, -0.25) is 13.9 Å². The monoisotopic (exact) mass is 545 g/mol. The molecular formula is C27H29ClFN3O4S. The molecule has 0 aliphatic carbocycles. The van der Waals surface area contributed by atoms with E-state index in [0.717, 1.165) is 39.4 Å². The van der Waals surface area contributed by atoms with E-state index in [-0.39, 0.29) is 29.6 Å². The molecule has 0 radical (unpaired) electrons. The summed E-state index contributed by atoms with van der Waals surface area (Å²) in [5, 5.41) is 2.35. The third kappa shape index (κ3) is 7.53. The molecule has 1 atom stereocenters. The molecule has 196 valence electrons. The zero-order valence-electron chi connectivity index (χ0n) is 20.8. The number of hydrogen-bond donors (Lipinski definition) is 1. The van der Waals surface area contributed by atoms with Crippen LogP contribution in [0.15, 0.2) is 72.8 Å². The second-order valence-electron chi connectivity index (χ2n) is 8.70. The second kappa shape index (κ2) is 12.2. The van der Waals surface area contributed by atoms with Gasteiger partial charge in [0, 0.05) is 20.0 Å². The number of nitrogens with one attached hydrogen (secondary N) is 1. The van der Waals surface area contributed by atoms with Crippen molar-refractivity contribution in [2.24, 2.45) is 0 Å². The quantitative estimate of drug-likeness (QED) is 0.418. The predicted octanol–water partition coefficient (Wildman–Crippen LogP) is 3.94. The molecule has 0 fully saturated rings. The van der Waals surface area contributed by atoms with E-state index < -0.39 is 34.3 Å². The molecule has 10 heteroatoms. The molecule has 0 aliphatic heterocycles. The molecule has 1 N–H and O–H groups in total. The van der Waals surface area contributed by atoms with Gasteiger partial charge in [-0.25, -0.2) is 12.8 Å². The van der Waals surface area contributed by atoms with Crippen LogP contribution in [0.2, 0.25) is 5.02 Å². The fourth-order valence-electron chi connectivity index (χ4n) is 3.86. The van der Waals surface area contributed by atoms with Crippen molar-refractivity contribution in [1.29, 1.82) is 0 Å². The number of sulfonamides is 1. The first-order valence-electron chi connectivity index (χ1n) is 11.5. The van der Waals surface area contributed by atoms with E-state index in [0.29, 0.717) is 0 Å². The van der Waals surface area contributed by atoms with E-state index in [1.165, 1.54) is 18.0 Å². The van der Waals surface area contributed by atoms with Gasteiger partial charge >= 0.3 is 0 Å². The van der Waals surface area contributed by atoms with E-state index in [2.05, 4.69) is 5.32 Å². The summed E-state index contributed by atoms with van der Waals surface area (Å²) in [6, 6.07) is 19.2. The maximum Gasteiger partial charge on any atom is 0.244 e. The van der Waals surface area contributed by atoms with Crippen molar-refractivity contribution in [3.63, 3.8) is 0 Å². The Morgan fingerprint density at radius 3 is 2.22 bits per heavy atom. The van der Waals surface area contributed by atoms with Crippen molar-refractivity contribution in [2.75, 3.05) is 24.2 Å². The van der Waals surface area contributed by atoms with Crippen LogP contribution in [0.1, 0.15) is 16.7 Å². The van der Waals surface area contributed by atoms with Crippen LogP contribution in [0, 0.1) is 12.7 Å². The van der Waals surface area contributed by atoms with E-state index >= 15 is 0 Å². The van der Waals surface area contributed by atoms with Gasteiger partial charge in [0.25, 0.3) is 0 Å². The van der Waals surface area contributed by atoms with Crippen LogP contribution in [0.4, 0.5) is 10.1 Å². The molecule has 0 spiro atoms. The average Bonchev–Trinajstić information content (AvgIpc) is 2.87. The van der Waals surface area contributed by atoms with Gasteiger partial charge in [0.2, 0.25) is 21.8 Å². The molecule has 0 aliphatic rings. The fourth-order valence-corrected chi connectivity index (χ4v) is 4.88. The lowest BCUT2D eigenvalue weighted by atomic mass is 10.0. The number of nitrogens with zero attached hydrogens (tertiary/aromatic N) is 2. The molecule has 0 heterocycles. The molecule has 7 nitrogen and oxygen atoms in total. The molecule has 0 saturated carbocycles. The normalized spacial score (nSPS) is 12.0. The minimum atomic E-state index is -3.96. The van der Waals surface area contributed by atoms with E-state index in [9.17, 15) is 22.4 Å². The second-order valence-corrected chi connectivity index (χ2v) is 11.0. The Bertz CT molecular complexity index is 1350. The zero-order chi connectivity index (χ0) is 27.2. The largest absolute Gasteiger partial charge is 0.357 e. The first-order chi connectivity index (χ1) is 17.5. The molecule has 0 aromatic heterocycles. The van der Waals surface area contributed by atoms with Gasteiger partial charge in [-0.1, -0.05) is 71.8 Å². The van der Waals surface area contributed by atoms with Gasteiger partial charge in [-0.15, -0.1) is 0 Å². The highest BCUT2D eigenvalue weighted by atomic mass is 35.5. The summed E-state index contributed by atoms with van der Waals surface area (Å²) in [6.45, 7) is 1.41. The number of amides is 2. The van der Waals surface area contributed by atoms with E-state index in [1.54, 1.807) is 0 Å². The van der Waals surface area contributed by atoms with E-state index in [4.69, 9.17) is 11.6 Å². The van der Waals surface area contributed by atoms with Crippen molar-refractivity contribution in [3.8, 4) is 0 Å². The average molecular weight is 546 g/mol. The van der Waals surface area contributed by atoms with Crippen molar-refractivity contribution in [1.82, 2.24) is 10.2 Å². The molecule has 0 saturated heterocycles. The molecule has 37 heavy (non-hydrogen) atoms. The van der Waals surface area contributed by atoms with Crippen LogP contribution < -0.4 is 9.62 Å². The highest BCUT2D eigenvalue weighted by Crippen LogP contribution is 2.25. The summed E-state index contributed by atoms with van der Waals surface area (Å²) in [5.41, 5.74) is 2.68. The number of carbonyl (C=O) groups is 2. The van der Waals surface area contributed by atoms with Crippen molar-refractivity contribution in [3.05, 3.63) is 100 Å². The van der Waals surface area contributed by atoms with Crippen LogP contribution in [0.5, 0.6) is 0 Å². The molecule has 0 unspecified atom stereocenters. The van der Waals surface area contributed by atoms with Crippen molar-refractivity contribution in [2.45, 2.75) is 25.9 Å². The zero-order valence-corrected chi connectivity index (χ0v) is 22.4. The van der Waals surface area contributed by atoms with E-state index in [1.807, 2.05) is 61.5 Å². The summed E-state index contributed by atoms with van der Waals surface area (Å²) in [4.78, 5) is 28.2. The van der Waals surface area contributed by atoms with Gasteiger partial charge in [0.1, 0.15) is 18.4 Å². The lowest BCUT2D eigenvalue weighted by Gasteiger charge is -2.33.